The highest BCUT2D eigenvalue weighted by Crippen LogP contribution is 2.21. The molecule has 0 radical (unpaired) electrons. The van der Waals surface area contributed by atoms with E-state index in [9.17, 15) is 0 Å². The Morgan fingerprint density at radius 2 is 2.22 bits per heavy atom. The Kier molecular flexibility index (Phi) is 5.16. The number of aromatic nitrogens is 2. The third-order valence-corrected chi connectivity index (χ3v) is 3.09. The molecule has 5 heteroatoms. The number of hydrogen-bond acceptors (Lipinski definition) is 4. The molecule has 2 heterocycles. The lowest BCUT2D eigenvalue weighted by Crippen LogP contribution is -2.28. The van der Waals surface area contributed by atoms with Crippen LogP contribution in [0.1, 0.15) is 38.6 Å². The predicted molar refractivity (Wildman–Crippen MR) is 69.2 cm³/mol. The molecular weight excluding hydrogens is 230 g/mol. The number of aryl methyl sites for hydroxylation is 1. The Morgan fingerprint density at radius 3 is 2.89 bits per heavy atom. The van der Waals surface area contributed by atoms with E-state index in [2.05, 4.69) is 28.7 Å². The summed E-state index contributed by atoms with van der Waals surface area (Å²) in [6.45, 7) is 7.60. The van der Waals surface area contributed by atoms with Gasteiger partial charge in [-0.05, 0) is 13.0 Å². The molecule has 0 amide bonds. The number of rotatable bonds is 7. The molecule has 0 aliphatic carbocycles. The van der Waals surface area contributed by atoms with Crippen molar-refractivity contribution in [3.8, 4) is 0 Å². The van der Waals surface area contributed by atoms with E-state index in [0.29, 0.717) is 13.2 Å². The van der Waals surface area contributed by atoms with Crippen LogP contribution < -0.4 is 5.32 Å². The Labute approximate surface area is 108 Å². The Balaban J connectivity index is 2.04. The van der Waals surface area contributed by atoms with E-state index in [0.717, 1.165) is 31.8 Å². The second kappa shape index (κ2) is 6.87. The summed E-state index contributed by atoms with van der Waals surface area (Å²) < 4.78 is 13.3. The maximum atomic E-state index is 5.53. The van der Waals surface area contributed by atoms with Gasteiger partial charge in [-0.25, -0.2) is 4.98 Å². The van der Waals surface area contributed by atoms with Crippen molar-refractivity contribution in [1.29, 1.82) is 0 Å². The van der Waals surface area contributed by atoms with Crippen molar-refractivity contribution >= 4 is 0 Å². The fourth-order valence-electron chi connectivity index (χ4n) is 2.32. The second-order valence-electron chi connectivity index (χ2n) is 4.50. The molecule has 1 unspecified atom stereocenters. The third-order valence-electron chi connectivity index (χ3n) is 3.09. The van der Waals surface area contributed by atoms with Crippen molar-refractivity contribution in [3.05, 3.63) is 18.2 Å². The molecule has 2 rings (SSSR count). The number of ether oxygens (including phenoxy) is 2. The number of nitrogens with zero attached hydrogens (tertiary/aromatic N) is 2. The van der Waals surface area contributed by atoms with Crippen LogP contribution in [0.5, 0.6) is 0 Å². The van der Waals surface area contributed by atoms with Crippen molar-refractivity contribution in [2.45, 2.75) is 45.6 Å². The third kappa shape index (κ3) is 3.31. The molecule has 0 spiro atoms. The van der Waals surface area contributed by atoms with Crippen molar-refractivity contribution in [2.75, 3.05) is 19.8 Å². The van der Waals surface area contributed by atoms with Gasteiger partial charge < -0.3 is 19.4 Å². The number of nitrogens with one attached hydrogen (secondary N) is 1. The van der Waals surface area contributed by atoms with Gasteiger partial charge in [-0.2, -0.15) is 0 Å². The molecule has 0 bridgehead atoms. The fourth-order valence-corrected chi connectivity index (χ4v) is 2.32. The van der Waals surface area contributed by atoms with Gasteiger partial charge in [0, 0.05) is 25.4 Å². The average Bonchev–Trinajstić information content (AvgIpc) is 3.00. The molecule has 1 fully saturated rings. The van der Waals surface area contributed by atoms with E-state index in [1.54, 1.807) is 0 Å². The first-order valence-corrected chi connectivity index (χ1v) is 6.82. The molecule has 18 heavy (non-hydrogen) atoms. The zero-order chi connectivity index (χ0) is 12.8. The molecular formula is C13H23N3O2. The van der Waals surface area contributed by atoms with Gasteiger partial charge in [0.15, 0.2) is 6.29 Å². The number of hydrogen-bond donors (Lipinski definition) is 1. The normalized spacial score (nSPS) is 18.3. The van der Waals surface area contributed by atoms with E-state index in [4.69, 9.17) is 9.47 Å². The average molecular weight is 253 g/mol. The van der Waals surface area contributed by atoms with Gasteiger partial charge in [-0.1, -0.05) is 13.8 Å². The lowest BCUT2D eigenvalue weighted by atomic mass is 10.2. The van der Waals surface area contributed by atoms with Crippen LogP contribution in [0.4, 0.5) is 0 Å². The minimum absolute atomic E-state index is 0.0965. The maximum Gasteiger partial charge on any atom is 0.159 e. The van der Waals surface area contributed by atoms with Crippen LogP contribution in [0.3, 0.4) is 0 Å². The summed E-state index contributed by atoms with van der Waals surface area (Å²) in [7, 11) is 0. The molecule has 1 atom stereocenters. The lowest BCUT2D eigenvalue weighted by Gasteiger charge is -2.21. The predicted octanol–water partition coefficient (Wildman–Crippen LogP) is 1.71. The monoisotopic (exact) mass is 253 g/mol. The summed E-state index contributed by atoms with van der Waals surface area (Å²) >= 11 is 0. The molecule has 0 aromatic carbocycles. The Hall–Kier alpha value is -0.910. The zero-order valence-electron chi connectivity index (χ0n) is 11.3. The molecule has 1 N–H and O–H groups in total. The number of imidazole rings is 1. The van der Waals surface area contributed by atoms with Gasteiger partial charge in [-0.3, -0.25) is 0 Å². The molecule has 0 saturated carbocycles. The summed E-state index contributed by atoms with van der Waals surface area (Å²) in [6.07, 6.45) is 5.74. The van der Waals surface area contributed by atoms with E-state index >= 15 is 0 Å². The topological polar surface area (TPSA) is 48.3 Å². The van der Waals surface area contributed by atoms with Crippen molar-refractivity contribution in [1.82, 2.24) is 14.9 Å². The van der Waals surface area contributed by atoms with Gasteiger partial charge >= 0.3 is 0 Å². The van der Waals surface area contributed by atoms with Gasteiger partial charge in [0.2, 0.25) is 0 Å². The SMILES string of the molecule is CCCn1ccnc1C(CC1OCCO1)NCC. The van der Waals surface area contributed by atoms with Crippen LogP contribution in [-0.4, -0.2) is 35.6 Å². The van der Waals surface area contributed by atoms with E-state index < -0.39 is 0 Å². The molecule has 1 aromatic rings. The zero-order valence-corrected chi connectivity index (χ0v) is 11.3. The highest BCUT2D eigenvalue weighted by molar-refractivity contribution is 5.00. The first-order valence-electron chi connectivity index (χ1n) is 6.82. The van der Waals surface area contributed by atoms with Gasteiger partial charge in [0.05, 0.1) is 19.3 Å². The smallest absolute Gasteiger partial charge is 0.159 e. The van der Waals surface area contributed by atoms with Crippen molar-refractivity contribution in [2.24, 2.45) is 0 Å². The van der Waals surface area contributed by atoms with Crippen LogP contribution in [0.15, 0.2) is 12.4 Å². The van der Waals surface area contributed by atoms with E-state index in [-0.39, 0.29) is 12.3 Å². The standard InChI is InChI=1S/C13H23N3O2/c1-3-6-16-7-5-15-13(16)11(14-4-2)10-12-17-8-9-18-12/h5,7,11-12,14H,3-4,6,8-10H2,1-2H3. The summed E-state index contributed by atoms with van der Waals surface area (Å²) in [5.74, 6) is 1.08. The van der Waals surface area contributed by atoms with Crippen LogP contribution in [0.2, 0.25) is 0 Å². The molecule has 1 aliphatic heterocycles. The second-order valence-corrected chi connectivity index (χ2v) is 4.50. The fraction of sp³-hybridized carbons (Fsp3) is 0.769. The quantitative estimate of drug-likeness (QED) is 0.803. The van der Waals surface area contributed by atoms with Crippen molar-refractivity contribution < 1.29 is 9.47 Å². The highest BCUT2D eigenvalue weighted by Gasteiger charge is 2.24. The maximum absolute atomic E-state index is 5.53. The Bertz CT molecular complexity index is 348. The Morgan fingerprint density at radius 1 is 1.44 bits per heavy atom. The minimum Gasteiger partial charge on any atom is -0.350 e. The van der Waals surface area contributed by atoms with E-state index in [1.165, 1.54) is 0 Å². The molecule has 1 saturated heterocycles. The molecule has 5 nitrogen and oxygen atoms in total. The lowest BCUT2D eigenvalue weighted by molar-refractivity contribution is -0.0536. The molecule has 102 valence electrons. The van der Waals surface area contributed by atoms with Crippen LogP contribution >= 0.6 is 0 Å². The molecule has 1 aromatic heterocycles. The van der Waals surface area contributed by atoms with Gasteiger partial charge in [0.25, 0.3) is 0 Å². The van der Waals surface area contributed by atoms with Gasteiger partial charge in [-0.15, -0.1) is 0 Å². The van der Waals surface area contributed by atoms with Crippen LogP contribution in [0, 0.1) is 0 Å². The summed E-state index contributed by atoms with van der Waals surface area (Å²) in [6, 6.07) is 0.194. The first kappa shape index (κ1) is 13.5. The minimum atomic E-state index is -0.0965. The first-order chi connectivity index (χ1) is 8.85. The summed E-state index contributed by atoms with van der Waals surface area (Å²) in [5, 5.41) is 3.47. The summed E-state index contributed by atoms with van der Waals surface area (Å²) in [5.41, 5.74) is 0. The summed E-state index contributed by atoms with van der Waals surface area (Å²) in [4.78, 5) is 4.49. The molecule has 1 aliphatic rings. The largest absolute Gasteiger partial charge is 0.350 e. The van der Waals surface area contributed by atoms with E-state index in [1.807, 2.05) is 12.4 Å². The van der Waals surface area contributed by atoms with Crippen LogP contribution in [0.25, 0.3) is 0 Å². The van der Waals surface area contributed by atoms with Gasteiger partial charge in [0.1, 0.15) is 5.82 Å². The highest BCUT2D eigenvalue weighted by atomic mass is 16.7. The van der Waals surface area contributed by atoms with Crippen molar-refractivity contribution in [3.63, 3.8) is 0 Å². The van der Waals surface area contributed by atoms with Crippen LogP contribution in [-0.2, 0) is 16.0 Å².